The van der Waals surface area contributed by atoms with Gasteiger partial charge in [0.15, 0.2) is 0 Å². The van der Waals surface area contributed by atoms with Crippen LogP contribution in [0.15, 0.2) is 133 Å². The third-order valence-corrected chi connectivity index (χ3v) is 19.8. The van der Waals surface area contributed by atoms with E-state index in [1.807, 2.05) is 11.3 Å². The summed E-state index contributed by atoms with van der Waals surface area (Å²) >= 11 is 2.01. The van der Waals surface area contributed by atoms with Gasteiger partial charge in [0.2, 0.25) is 0 Å². The molecule has 3 aliphatic carbocycles. The molecule has 0 saturated carbocycles. The van der Waals surface area contributed by atoms with Crippen LogP contribution in [0.2, 0.25) is 0 Å². The van der Waals surface area contributed by atoms with Gasteiger partial charge < -0.3 is 9.38 Å². The second-order valence-corrected chi connectivity index (χ2v) is 26.2. The molecule has 4 heteroatoms. The Hall–Kier alpha value is -6.36. The maximum atomic E-state index is 2.79. The molecular formula is C66H59BN2S. The molecule has 2 nitrogen and oxygen atoms in total. The van der Waals surface area contributed by atoms with Crippen LogP contribution < -0.4 is 15.7 Å². The molecule has 0 spiro atoms. The largest absolute Gasteiger partial charge is 0.376 e. The molecule has 0 unspecified atom stereocenters. The summed E-state index contributed by atoms with van der Waals surface area (Å²) in [5, 5.41) is 5.59. The van der Waals surface area contributed by atoms with Crippen LogP contribution in [0.4, 0.5) is 11.4 Å². The summed E-state index contributed by atoms with van der Waals surface area (Å²) in [7, 11) is 0. The first kappa shape index (κ1) is 41.4. The molecule has 15 rings (SSSR count). The molecule has 342 valence electrons. The zero-order valence-corrected chi connectivity index (χ0v) is 43.3. The topological polar surface area (TPSA) is 8.17 Å². The Labute approximate surface area is 417 Å². The Balaban J connectivity index is 1.19. The standard InChI is InChI=1S/C66H59BN2S/c1-62(2,3)36-24-26-37(27-25-36)69-53-33-42-39-19-13-16-22-46(39)65(8,9)47(42)30-44(53)56-57-40-20-14-17-23-55(40)70-61(57)58-43-31-49-50(64(6,7)29-28-63(49,4)5)35-52(43)68-54-34-48-41(32-51(54)67(69)59(56)60(58)68)38-18-12-15-21-45(38)66(48,10)11/h12-27,30-35H,28-29H2,1-11H3. The molecule has 10 aromatic rings. The minimum absolute atomic E-state index is 0.0280. The van der Waals surface area contributed by atoms with Gasteiger partial charge >= 0.3 is 6.85 Å². The summed E-state index contributed by atoms with van der Waals surface area (Å²) in [6.07, 6.45) is 2.36. The quantitative estimate of drug-likeness (QED) is 0.149. The number of anilines is 2. The molecule has 5 aliphatic rings. The van der Waals surface area contributed by atoms with Crippen molar-refractivity contribution in [2.45, 2.75) is 116 Å². The molecule has 0 N–H and O–H groups in total. The highest BCUT2D eigenvalue weighted by Crippen LogP contribution is 2.59. The Morgan fingerprint density at radius 2 is 1.11 bits per heavy atom. The van der Waals surface area contributed by atoms with Crippen LogP contribution in [-0.4, -0.2) is 11.4 Å². The van der Waals surface area contributed by atoms with Gasteiger partial charge in [-0.05, 0) is 155 Å². The van der Waals surface area contributed by atoms with Crippen molar-refractivity contribution in [1.82, 2.24) is 4.57 Å². The smallest absolute Gasteiger partial charge is 0.333 e. The first-order valence-electron chi connectivity index (χ1n) is 25.8. The van der Waals surface area contributed by atoms with E-state index in [1.165, 1.54) is 155 Å². The molecule has 70 heavy (non-hydrogen) atoms. The molecule has 2 aromatic heterocycles. The van der Waals surface area contributed by atoms with Crippen molar-refractivity contribution in [2.24, 2.45) is 0 Å². The summed E-state index contributed by atoms with van der Waals surface area (Å²) in [6.45, 7) is 26.7. The lowest BCUT2D eigenvalue weighted by atomic mass is 9.43. The average molecular weight is 923 g/mol. The third-order valence-electron chi connectivity index (χ3n) is 18.6. The molecule has 0 atom stereocenters. The fourth-order valence-corrected chi connectivity index (χ4v) is 15.9. The van der Waals surface area contributed by atoms with Crippen molar-refractivity contribution < 1.29 is 0 Å². The molecule has 0 amide bonds. The van der Waals surface area contributed by atoms with E-state index in [0.717, 1.165) is 0 Å². The van der Waals surface area contributed by atoms with Gasteiger partial charge in [0.25, 0.3) is 0 Å². The molecule has 0 fully saturated rings. The van der Waals surface area contributed by atoms with E-state index in [9.17, 15) is 0 Å². The van der Waals surface area contributed by atoms with E-state index in [0.29, 0.717) is 0 Å². The van der Waals surface area contributed by atoms with Gasteiger partial charge in [-0.3, -0.25) is 0 Å². The fraction of sp³-hybridized carbons (Fsp3) is 0.273. The molecule has 0 bridgehead atoms. The van der Waals surface area contributed by atoms with Gasteiger partial charge in [0, 0.05) is 64.4 Å². The van der Waals surface area contributed by atoms with Crippen molar-refractivity contribution in [3.8, 4) is 39.1 Å². The fourth-order valence-electron chi connectivity index (χ4n) is 14.6. The molecule has 0 radical (unpaired) electrons. The number of hydrogen-bond acceptors (Lipinski definition) is 2. The third kappa shape index (κ3) is 4.97. The van der Waals surface area contributed by atoms with Gasteiger partial charge in [0.05, 0.1) is 11.0 Å². The second kappa shape index (κ2) is 12.9. The van der Waals surface area contributed by atoms with E-state index in [2.05, 4.69) is 219 Å². The van der Waals surface area contributed by atoms with Gasteiger partial charge in [0.1, 0.15) is 0 Å². The minimum atomic E-state index is -0.158. The van der Waals surface area contributed by atoms with Crippen LogP contribution >= 0.6 is 11.3 Å². The summed E-state index contributed by atoms with van der Waals surface area (Å²) in [4.78, 5) is 2.79. The van der Waals surface area contributed by atoms with Crippen LogP contribution in [0.25, 0.3) is 81.0 Å². The maximum absolute atomic E-state index is 2.79. The van der Waals surface area contributed by atoms with E-state index >= 15 is 0 Å². The van der Waals surface area contributed by atoms with Crippen LogP contribution in [0.3, 0.4) is 0 Å². The minimum Gasteiger partial charge on any atom is -0.376 e. The van der Waals surface area contributed by atoms with Crippen molar-refractivity contribution in [2.75, 3.05) is 4.81 Å². The van der Waals surface area contributed by atoms with E-state index in [4.69, 9.17) is 0 Å². The SMILES string of the molecule is CC(C)(C)c1ccc(N2B3c4cc5c(cc4-n4c6cc7c(cc6c6c8sc9ccccc9c8c(c3c64)-c3cc4c(cc32)-c2ccccc2C4(C)C)C(C)(C)CCC7(C)C)C(C)(C)c2ccccc2-5)cc1. The lowest BCUT2D eigenvalue weighted by Crippen LogP contribution is -2.60. The molecule has 8 aromatic carbocycles. The summed E-state index contributed by atoms with van der Waals surface area (Å²) in [6, 6.07) is 53.3. The summed E-state index contributed by atoms with van der Waals surface area (Å²) in [5.74, 6) is 0. The number of nitrogens with zero attached hydrogens (tertiary/aromatic N) is 2. The monoisotopic (exact) mass is 922 g/mol. The Kier molecular flexibility index (Phi) is 7.66. The van der Waals surface area contributed by atoms with Gasteiger partial charge in [-0.25, -0.2) is 0 Å². The van der Waals surface area contributed by atoms with Crippen molar-refractivity contribution in [3.05, 3.63) is 172 Å². The molecule has 4 heterocycles. The van der Waals surface area contributed by atoms with Crippen molar-refractivity contribution in [1.29, 1.82) is 0 Å². The number of hydrogen-bond donors (Lipinski definition) is 0. The molecule has 2 aliphatic heterocycles. The van der Waals surface area contributed by atoms with Crippen LogP contribution in [0, 0.1) is 0 Å². The zero-order valence-electron chi connectivity index (χ0n) is 42.5. The predicted molar refractivity (Wildman–Crippen MR) is 302 cm³/mol. The summed E-state index contributed by atoms with van der Waals surface area (Å²) < 4.78 is 5.56. The van der Waals surface area contributed by atoms with Crippen molar-refractivity contribution in [3.63, 3.8) is 0 Å². The second-order valence-electron chi connectivity index (χ2n) is 25.1. The van der Waals surface area contributed by atoms with E-state index in [-0.39, 0.29) is 33.9 Å². The van der Waals surface area contributed by atoms with E-state index < -0.39 is 0 Å². The number of aromatic nitrogens is 1. The van der Waals surface area contributed by atoms with Crippen LogP contribution in [0.1, 0.15) is 128 Å². The highest BCUT2D eigenvalue weighted by molar-refractivity contribution is 7.27. The van der Waals surface area contributed by atoms with Gasteiger partial charge in [-0.2, -0.15) is 0 Å². The van der Waals surface area contributed by atoms with Crippen LogP contribution in [0.5, 0.6) is 0 Å². The first-order chi connectivity index (χ1) is 33.4. The molecule has 0 saturated heterocycles. The number of rotatable bonds is 1. The van der Waals surface area contributed by atoms with Gasteiger partial charge in [-0.1, -0.05) is 161 Å². The van der Waals surface area contributed by atoms with E-state index in [1.54, 1.807) is 0 Å². The Morgan fingerprint density at radius 1 is 0.514 bits per heavy atom. The lowest BCUT2D eigenvalue weighted by molar-refractivity contribution is 0.332. The lowest BCUT2D eigenvalue weighted by Gasteiger charge is -2.43. The average Bonchev–Trinajstić information content (AvgIpc) is 4.02. The highest BCUT2D eigenvalue weighted by Gasteiger charge is 2.49. The number of benzene rings is 8. The van der Waals surface area contributed by atoms with Crippen LogP contribution in [-0.2, 0) is 27.1 Å². The zero-order chi connectivity index (χ0) is 47.9. The predicted octanol–water partition coefficient (Wildman–Crippen LogP) is 16.6. The number of fused-ring (bicyclic) bond motifs is 20. The Morgan fingerprint density at radius 3 is 1.79 bits per heavy atom. The highest BCUT2D eigenvalue weighted by atomic mass is 32.1. The van der Waals surface area contributed by atoms with Crippen molar-refractivity contribution >= 4 is 82.5 Å². The summed E-state index contributed by atoms with van der Waals surface area (Å²) in [5.41, 5.74) is 27.5. The first-order valence-corrected chi connectivity index (χ1v) is 26.7. The maximum Gasteiger partial charge on any atom is 0.333 e. The molecular weight excluding hydrogens is 864 g/mol. The normalized spacial score (nSPS) is 17.9. The number of thiophene rings is 1. The van der Waals surface area contributed by atoms with Gasteiger partial charge in [-0.15, -0.1) is 11.3 Å². The Bertz CT molecular complexity index is 4050.